The van der Waals surface area contributed by atoms with Gasteiger partial charge in [0.15, 0.2) is 0 Å². The zero-order chi connectivity index (χ0) is 15.5. The average molecular weight is 301 g/mol. The highest BCUT2D eigenvalue weighted by molar-refractivity contribution is 5.52. The average Bonchev–Trinajstić information content (AvgIpc) is 2.93. The number of aromatic nitrogens is 1. The van der Waals surface area contributed by atoms with Crippen molar-refractivity contribution in [3.05, 3.63) is 17.7 Å². The first kappa shape index (κ1) is 15.9. The number of hydrogen-bond donors (Lipinski definition) is 1. The molecule has 1 N–H and O–H groups in total. The van der Waals surface area contributed by atoms with Crippen LogP contribution in [0.3, 0.4) is 0 Å². The van der Waals surface area contributed by atoms with Gasteiger partial charge >= 0.3 is 6.18 Å². The lowest BCUT2D eigenvalue weighted by molar-refractivity contribution is -0.137. The Hall–Kier alpha value is -1.46. The quantitative estimate of drug-likeness (QED) is 0.879. The van der Waals surface area contributed by atoms with Gasteiger partial charge in [-0.3, -0.25) is 0 Å². The minimum Gasteiger partial charge on any atom is -0.370 e. The van der Waals surface area contributed by atoms with Gasteiger partial charge in [0.25, 0.3) is 0 Å². The van der Waals surface area contributed by atoms with Crippen molar-refractivity contribution in [2.24, 2.45) is 0 Å². The van der Waals surface area contributed by atoms with Gasteiger partial charge in [0, 0.05) is 19.1 Å². The van der Waals surface area contributed by atoms with Crippen LogP contribution in [0.1, 0.15) is 45.1 Å². The molecule has 0 aliphatic heterocycles. The number of nitrogens with zero attached hydrogens (tertiary/aromatic N) is 2. The van der Waals surface area contributed by atoms with E-state index >= 15 is 0 Å². The van der Waals surface area contributed by atoms with Gasteiger partial charge in [-0.25, -0.2) is 4.98 Å². The highest BCUT2D eigenvalue weighted by Gasteiger charge is 2.33. The van der Waals surface area contributed by atoms with Crippen molar-refractivity contribution in [2.45, 2.75) is 51.7 Å². The van der Waals surface area contributed by atoms with Crippen LogP contribution in [0, 0.1) is 0 Å². The van der Waals surface area contributed by atoms with E-state index in [-0.39, 0.29) is 0 Å². The summed E-state index contributed by atoms with van der Waals surface area (Å²) in [6.45, 7) is 5.03. The fourth-order valence-electron chi connectivity index (χ4n) is 2.92. The Morgan fingerprint density at radius 1 is 1.24 bits per heavy atom. The van der Waals surface area contributed by atoms with Crippen LogP contribution in [-0.2, 0) is 6.18 Å². The third-order valence-corrected chi connectivity index (χ3v) is 3.90. The Kier molecular flexibility index (Phi) is 4.96. The summed E-state index contributed by atoms with van der Waals surface area (Å²) in [5, 5.41) is 2.89. The molecule has 21 heavy (non-hydrogen) atoms. The molecule has 0 atom stereocenters. The molecular formula is C15H22F3N3. The van der Waals surface area contributed by atoms with Gasteiger partial charge in [-0.2, -0.15) is 13.2 Å². The van der Waals surface area contributed by atoms with Gasteiger partial charge in [0.1, 0.15) is 11.6 Å². The number of rotatable bonds is 5. The van der Waals surface area contributed by atoms with Crippen LogP contribution >= 0.6 is 0 Å². The topological polar surface area (TPSA) is 28.2 Å². The molecule has 1 aliphatic carbocycles. The predicted molar refractivity (Wildman–Crippen MR) is 78.7 cm³/mol. The normalized spacial score (nSPS) is 16.2. The maximum atomic E-state index is 13.1. The molecule has 0 spiro atoms. The first-order valence-corrected chi connectivity index (χ1v) is 7.55. The van der Waals surface area contributed by atoms with Crippen molar-refractivity contribution in [3.63, 3.8) is 0 Å². The largest absolute Gasteiger partial charge is 0.416 e. The van der Waals surface area contributed by atoms with Crippen LogP contribution in [-0.4, -0.2) is 24.1 Å². The summed E-state index contributed by atoms with van der Waals surface area (Å²) in [5.41, 5.74) is -0.639. The minimum atomic E-state index is -4.35. The van der Waals surface area contributed by atoms with Crippen LogP contribution < -0.4 is 10.2 Å². The summed E-state index contributed by atoms with van der Waals surface area (Å²) >= 11 is 0. The van der Waals surface area contributed by atoms with E-state index < -0.39 is 11.7 Å². The number of pyridine rings is 1. The van der Waals surface area contributed by atoms with Gasteiger partial charge in [0.2, 0.25) is 0 Å². The maximum Gasteiger partial charge on any atom is 0.416 e. The molecule has 0 saturated heterocycles. The van der Waals surface area contributed by atoms with Crippen LogP contribution in [0.25, 0.3) is 0 Å². The summed E-state index contributed by atoms with van der Waals surface area (Å²) < 4.78 is 39.2. The molecule has 1 aliphatic rings. The molecule has 0 amide bonds. The number of halogens is 3. The molecule has 1 aromatic heterocycles. The zero-order valence-electron chi connectivity index (χ0n) is 12.5. The van der Waals surface area contributed by atoms with Gasteiger partial charge in [-0.1, -0.05) is 12.8 Å². The summed E-state index contributed by atoms with van der Waals surface area (Å²) in [7, 11) is 0. The van der Waals surface area contributed by atoms with Gasteiger partial charge < -0.3 is 10.2 Å². The lowest BCUT2D eigenvalue weighted by Gasteiger charge is -2.29. The Morgan fingerprint density at radius 3 is 2.43 bits per heavy atom. The molecule has 118 valence electrons. The fraction of sp³-hybridized carbons (Fsp3) is 0.667. The monoisotopic (exact) mass is 301 g/mol. The highest BCUT2D eigenvalue weighted by Crippen LogP contribution is 2.34. The van der Waals surface area contributed by atoms with Crippen molar-refractivity contribution in [2.75, 3.05) is 23.3 Å². The third kappa shape index (κ3) is 3.80. The van der Waals surface area contributed by atoms with Crippen LogP contribution in [0.5, 0.6) is 0 Å². The lowest BCUT2D eigenvalue weighted by atomic mass is 10.2. The molecule has 1 aromatic rings. The van der Waals surface area contributed by atoms with Gasteiger partial charge in [-0.15, -0.1) is 0 Å². The van der Waals surface area contributed by atoms with Crippen molar-refractivity contribution in [1.82, 2.24) is 4.98 Å². The first-order chi connectivity index (χ1) is 9.95. The summed E-state index contributed by atoms with van der Waals surface area (Å²) in [6.07, 6.45) is -0.0120. The fourth-order valence-corrected chi connectivity index (χ4v) is 2.92. The number of anilines is 2. The highest BCUT2D eigenvalue weighted by atomic mass is 19.4. The molecule has 2 rings (SSSR count). The molecule has 1 fully saturated rings. The van der Waals surface area contributed by atoms with E-state index in [9.17, 15) is 13.2 Å². The van der Waals surface area contributed by atoms with Crippen LogP contribution in [0.4, 0.5) is 24.8 Å². The van der Waals surface area contributed by atoms with Crippen LogP contribution in [0.15, 0.2) is 12.1 Å². The molecule has 0 unspecified atom stereocenters. The van der Waals surface area contributed by atoms with Crippen molar-refractivity contribution in [1.29, 1.82) is 0 Å². The smallest absolute Gasteiger partial charge is 0.370 e. The zero-order valence-corrected chi connectivity index (χ0v) is 12.5. The Morgan fingerprint density at radius 2 is 1.90 bits per heavy atom. The number of hydrogen-bond acceptors (Lipinski definition) is 3. The van der Waals surface area contributed by atoms with Crippen LogP contribution in [0.2, 0.25) is 0 Å². The van der Waals surface area contributed by atoms with E-state index in [1.807, 2.05) is 18.7 Å². The molecule has 0 bridgehead atoms. The first-order valence-electron chi connectivity index (χ1n) is 7.55. The van der Waals surface area contributed by atoms with E-state index in [0.717, 1.165) is 31.7 Å². The molecule has 0 aromatic carbocycles. The Balaban J connectivity index is 2.37. The number of alkyl halides is 3. The molecule has 3 nitrogen and oxygen atoms in total. The van der Waals surface area contributed by atoms with Crippen molar-refractivity contribution < 1.29 is 13.2 Å². The van der Waals surface area contributed by atoms with E-state index in [4.69, 9.17) is 0 Å². The van der Waals surface area contributed by atoms with E-state index in [0.29, 0.717) is 30.8 Å². The summed E-state index contributed by atoms with van der Waals surface area (Å²) in [5.74, 6) is 0.717. The minimum absolute atomic E-state index is 0.291. The lowest BCUT2D eigenvalue weighted by Crippen LogP contribution is -2.34. The predicted octanol–water partition coefficient (Wildman–Crippen LogP) is 4.30. The number of nitrogens with one attached hydrogen (secondary N) is 1. The summed E-state index contributed by atoms with van der Waals surface area (Å²) in [6, 6.07) is 2.55. The van der Waals surface area contributed by atoms with Crippen molar-refractivity contribution in [3.8, 4) is 0 Å². The SMILES string of the molecule is CCNc1cc(C(F)(F)F)cc(N(CC)C2CCCC2)n1. The molecule has 1 heterocycles. The van der Waals surface area contributed by atoms with E-state index in [1.165, 1.54) is 6.07 Å². The second-order valence-corrected chi connectivity index (χ2v) is 5.35. The molecular weight excluding hydrogens is 279 g/mol. The second kappa shape index (κ2) is 6.54. The Labute approximate surface area is 123 Å². The van der Waals surface area contributed by atoms with Gasteiger partial charge in [0.05, 0.1) is 5.56 Å². The summed E-state index contributed by atoms with van der Waals surface area (Å²) in [4.78, 5) is 6.37. The molecule has 0 radical (unpaired) electrons. The van der Waals surface area contributed by atoms with E-state index in [2.05, 4.69) is 10.3 Å². The molecule has 6 heteroatoms. The molecule has 1 saturated carbocycles. The third-order valence-electron chi connectivity index (χ3n) is 3.90. The Bertz CT molecular complexity index is 468. The second-order valence-electron chi connectivity index (χ2n) is 5.35. The standard InChI is InChI=1S/C15H22F3N3/c1-3-19-13-9-11(15(16,17)18)10-14(20-13)21(4-2)12-7-5-6-8-12/h9-10,12H,3-8H2,1-2H3,(H,19,20). The maximum absolute atomic E-state index is 13.1. The van der Waals surface area contributed by atoms with Crippen molar-refractivity contribution >= 4 is 11.6 Å². The van der Waals surface area contributed by atoms with Gasteiger partial charge in [-0.05, 0) is 38.8 Å². The van der Waals surface area contributed by atoms with E-state index in [1.54, 1.807) is 0 Å².